The Morgan fingerprint density at radius 3 is 2.50 bits per heavy atom. The maximum atomic E-state index is 6.69. The van der Waals surface area contributed by atoms with Gasteiger partial charge in [0.05, 0.1) is 0 Å². The molecule has 0 radical (unpaired) electrons. The van der Waals surface area contributed by atoms with Crippen LogP contribution in [0.3, 0.4) is 0 Å². The van der Waals surface area contributed by atoms with Crippen LogP contribution in [0.5, 0.6) is 0 Å². The SMILES string of the molecule is C=C/C=C/C(Cl)=N\C(=N)Cl. The molecule has 0 aliphatic heterocycles. The highest BCUT2D eigenvalue weighted by Gasteiger charge is 1.86. The van der Waals surface area contributed by atoms with E-state index in [1.165, 1.54) is 6.08 Å². The van der Waals surface area contributed by atoms with Crippen molar-refractivity contribution < 1.29 is 0 Å². The van der Waals surface area contributed by atoms with Gasteiger partial charge in [-0.25, -0.2) is 4.99 Å². The van der Waals surface area contributed by atoms with E-state index in [2.05, 4.69) is 11.6 Å². The van der Waals surface area contributed by atoms with Gasteiger partial charge in [0, 0.05) is 0 Å². The maximum Gasteiger partial charge on any atom is 0.216 e. The van der Waals surface area contributed by atoms with Crippen molar-refractivity contribution in [3.63, 3.8) is 0 Å². The summed E-state index contributed by atoms with van der Waals surface area (Å²) in [5, 5.41) is 6.53. The molecular weight excluding hydrogens is 171 g/mol. The van der Waals surface area contributed by atoms with E-state index in [4.69, 9.17) is 28.6 Å². The Morgan fingerprint density at radius 2 is 2.10 bits per heavy atom. The minimum atomic E-state index is -0.335. The molecule has 0 aliphatic rings. The molecule has 0 atom stereocenters. The predicted octanol–water partition coefficient (Wildman–Crippen LogP) is 2.54. The summed E-state index contributed by atoms with van der Waals surface area (Å²) in [5.74, 6) is 0. The smallest absolute Gasteiger partial charge is 0.216 e. The van der Waals surface area contributed by atoms with E-state index in [1.54, 1.807) is 12.2 Å². The van der Waals surface area contributed by atoms with Crippen molar-refractivity contribution in [2.24, 2.45) is 4.99 Å². The molecule has 54 valence electrons. The first-order valence-corrected chi connectivity index (χ1v) is 3.19. The molecule has 0 rings (SSSR count). The van der Waals surface area contributed by atoms with Crippen molar-refractivity contribution >= 4 is 33.7 Å². The third kappa shape index (κ3) is 5.54. The zero-order chi connectivity index (χ0) is 7.98. The quantitative estimate of drug-likeness (QED) is 0.291. The molecule has 1 N–H and O–H groups in total. The Hall–Kier alpha value is -0.600. The number of amidine groups is 1. The van der Waals surface area contributed by atoms with E-state index in [0.717, 1.165) is 0 Å². The monoisotopic (exact) mass is 176 g/mol. The summed E-state index contributed by atoms with van der Waals surface area (Å²) in [4.78, 5) is 3.41. The molecular formula is C6H6Cl2N2. The highest BCUT2D eigenvalue weighted by molar-refractivity contribution is 6.72. The van der Waals surface area contributed by atoms with Crippen molar-refractivity contribution in [1.82, 2.24) is 0 Å². The van der Waals surface area contributed by atoms with E-state index in [1.807, 2.05) is 0 Å². The van der Waals surface area contributed by atoms with Crippen LogP contribution in [0.4, 0.5) is 0 Å². The first kappa shape index (κ1) is 9.40. The normalized spacial score (nSPS) is 12.0. The highest BCUT2D eigenvalue weighted by Crippen LogP contribution is 1.92. The first-order valence-electron chi connectivity index (χ1n) is 2.44. The van der Waals surface area contributed by atoms with Gasteiger partial charge in [0.2, 0.25) is 5.29 Å². The molecule has 0 heterocycles. The van der Waals surface area contributed by atoms with E-state index in [0.29, 0.717) is 0 Å². The van der Waals surface area contributed by atoms with Gasteiger partial charge in [-0.3, -0.25) is 5.41 Å². The van der Waals surface area contributed by atoms with Crippen LogP contribution in [0, 0.1) is 5.41 Å². The van der Waals surface area contributed by atoms with Crippen LogP contribution < -0.4 is 0 Å². The van der Waals surface area contributed by atoms with Crippen molar-refractivity contribution in [2.45, 2.75) is 0 Å². The van der Waals surface area contributed by atoms with Gasteiger partial charge in [-0.05, 0) is 17.7 Å². The van der Waals surface area contributed by atoms with Gasteiger partial charge in [-0.2, -0.15) is 0 Å². The fraction of sp³-hybridized carbons (Fsp3) is 0. The molecule has 0 fully saturated rings. The summed E-state index contributed by atoms with van der Waals surface area (Å²) < 4.78 is 0. The Balaban J connectivity index is 4.06. The molecule has 2 nitrogen and oxygen atoms in total. The van der Waals surface area contributed by atoms with Gasteiger partial charge in [0.1, 0.15) is 5.17 Å². The third-order valence-corrected chi connectivity index (χ3v) is 0.870. The Bertz CT molecular complexity index is 194. The minimum Gasteiger partial charge on any atom is -0.272 e. The molecule has 0 unspecified atom stereocenters. The number of aliphatic imine (C=N–C) groups is 1. The van der Waals surface area contributed by atoms with Crippen LogP contribution in [-0.4, -0.2) is 10.5 Å². The molecule has 0 bridgehead atoms. The van der Waals surface area contributed by atoms with Crippen LogP contribution in [0.25, 0.3) is 0 Å². The molecule has 10 heavy (non-hydrogen) atoms. The Morgan fingerprint density at radius 1 is 1.50 bits per heavy atom. The van der Waals surface area contributed by atoms with Gasteiger partial charge in [0.15, 0.2) is 0 Å². The van der Waals surface area contributed by atoms with Crippen molar-refractivity contribution in [2.75, 3.05) is 0 Å². The second kappa shape index (κ2) is 5.21. The average molecular weight is 177 g/mol. The van der Waals surface area contributed by atoms with Crippen LogP contribution in [0.1, 0.15) is 0 Å². The Labute approximate surface area is 69.4 Å². The standard InChI is InChI=1S/C6H6Cl2N2/c1-2-3-4-5(7)10-6(8)9/h2-4,9H,1H2/b4-3+,9-6?,10-5+. The summed E-state index contributed by atoms with van der Waals surface area (Å²) in [5.41, 5.74) is 0. The second-order valence-electron chi connectivity index (χ2n) is 1.32. The van der Waals surface area contributed by atoms with E-state index in [-0.39, 0.29) is 10.5 Å². The first-order chi connectivity index (χ1) is 4.66. The minimum absolute atomic E-state index is 0.167. The molecule has 0 spiro atoms. The van der Waals surface area contributed by atoms with Crippen molar-refractivity contribution in [1.29, 1.82) is 5.41 Å². The van der Waals surface area contributed by atoms with Crippen molar-refractivity contribution in [3.8, 4) is 0 Å². The van der Waals surface area contributed by atoms with Gasteiger partial charge in [-0.15, -0.1) is 0 Å². The van der Waals surface area contributed by atoms with Crippen LogP contribution in [-0.2, 0) is 0 Å². The van der Waals surface area contributed by atoms with Crippen LogP contribution >= 0.6 is 23.2 Å². The zero-order valence-electron chi connectivity index (χ0n) is 5.14. The topological polar surface area (TPSA) is 36.2 Å². The lowest BCUT2D eigenvalue weighted by Gasteiger charge is -1.83. The lowest BCUT2D eigenvalue weighted by atomic mass is 10.5. The largest absolute Gasteiger partial charge is 0.272 e. The van der Waals surface area contributed by atoms with Gasteiger partial charge in [0.25, 0.3) is 0 Å². The highest BCUT2D eigenvalue weighted by atomic mass is 35.5. The van der Waals surface area contributed by atoms with Gasteiger partial charge < -0.3 is 0 Å². The number of nitrogens with zero attached hydrogens (tertiary/aromatic N) is 1. The zero-order valence-corrected chi connectivity index (χ0v) is 6.65. The lowest BCUT2D eigenvalue weighted by molar-refractivity contribution is 1.50. The van der Waals surface area contributed by atoms with E-state index in [9.17, 15) is 0 Å². The number of halogens is 2. The fourth-order valence-electron chi connectivity index (χ4n) is 0.278. The maximum absolute atomic E-state index is 6.69. The lowest BCUT2D eigenvalue weighted by Crippen LogP contribution is -1.83. The molecule has 0 aromatic rings. The van der Waals surface area contributed by atoms with Crippen LogP contribution in [0.15, 0.2) is 29.8 Å². The molecule has 0 saturated carbocycles. The number of rotatable bonds is 2. The van der Waals surface area contributed by atoms with Gasteiger partial charge in [-0.1, -0.05) is 30.3 Å². The molecule has 0 aromatic carbocycles. The summed E-state index contributed by atoms with van der Waals surface area (Å²) in [6, 6.07) is 0. The van der Waals surface area contributed by atoms with Crippen LogP contribution in [0.2, 0.25) is 0 Å². The molecule has 0 aromatic heterocycles. The number of hydrogen-bond acceptors (Lipinski definition) is 1. The van der Waals surface area contributed by atoms with E-state index >= 15 is 0 Å². The number of hydrogen-bond donors (Lipinski definition) is 1. The average Bonchev–Trinajstić information content (AvgIpc) is 1.82. The Kier molecular flexibility index (Phi) is 4.89. The molecule has 0 aliphatic carbocycles. The van der Waals surface area contributed by atoms with E-state index < -0.39 is 0 Å². The second-order valence-corrected chi connectivity index (χ2v) is 2.07. The fourth-order valence-corrected chi connectivity index (χ4v) is 0.570. The molecule has 0 saturated heterocycles. The summed E-state index contributed by atoms with van der Waals surface area (Å²) in [7, 11) is 0. The predicted molar refractivity (Wildman–Crippen MR) is 46.2 cm³/mol. The summed E-state index contributed by atoms with van der Waals surface area (Å²) in [6.45, 7) is 3.42. The third-order valence-electron chi connectivity index (χ3n) is 0.575. The van der Waals surface area contributed by atoms with Gasteiger partial charge >= 0.3 is 0 Å². The number of allylic oxidation sites excluding steroid dienone is 3. The van der Waals surface area contributed by atoms with Crippen molar-refractivity contribution in [3.05, 3.63) is 24.8 Å². The summed E-state index contributed by atoms with van der Waals surface area (Å²) >= 11 is 10.5. The molecule has 0 amide bonds. The molecule has 4 heteroatoms. The number of nitrogens with one attached hydrogen (secondary N) is 1. The summed E-state index contributed by atoms with van der Waals surface area (Å²) in [6.07, 6.45) is 4.65.